The minimum Gasteiger partial charge on any atom is -0.373 e. The molecule has 1 atom stereocenters. The molecule has 2 aromatic rings. The fraction of sp³-hybridized carbons (Fsp3) is 0.476. The van der Waals surface area contributed by atoms with E-state index in [1.54, 1.807) is 19.2 Å². The lowest BCUT2D eigenvalue weighted by molar-refractivity contribution is -0.118. The molecular weight excluding hydrogens is 408 g/mol. The summed E-state index contributed by atoms with van der Waals surface area (Å²) in [5.74, 6) is -1.10. The van der Waals surface area contributed by atoms with Crippen molar-refractivity contribution in [3.05, 3.63) is 51.2 Å². The van der Waals surface area contributed by atoms with Crippen LogP contribution in [0.5, 0.6) is 0 Å². The number of aliphatic hydroxyl groups excluding tert-OH is 1. The molecule has 1 unspecified atom stereocenters. The highest BCUT2D eigenvalue weighted by Gasteiger charge is 2.24. The fourth-order valence-corrected chi connectivity index (χ4v) is 4.12. The van der Waals surface area contributed by atoms with Gasteiger partial charge in [-0.05, 0) is 38.0 Å². The Balaban J connectivity index is 1.84. The number of carbonyl (C=O) groups excluding carboxylic acids is 2. The topological polar surface area (TPSA) is 119 Å². The minimum atomic E-state index is -0.947. The van der Waals surface area contributed by atoms with Gasteiger partial charge < -0.3 is 16.2 Å². The zero-order chi connectivity index (χ0) is 21.8. The third-order valence-electron chi connectivity index (χ3n) is 5.59. The maximum Gasteiger partial charge on any atom is 0.333 e. The first kappa shape index (κ1) is 22.1. The number of rotatable bonds is 6. The number of aliphatic hydroxyl groups is 1. The molecule has 162 valence electrons. The fourth-order valence-electron chi connectivity index (χ4n) is 3.92. The number of hydrogen-bond donors (Lipinski definition) is 3. The van der Waals surface area contributed by atoms with E-state index >= 15 is 0 Å². The maximum absolute atomic E-state index is 12.8. The van der Waals surface area contributed by atoms with Crippen LogP contribution in [0.2, 0.25) is 5.02 Å². The first-order valence-electron chi connectivity index (χ1n) is 10.1. The third-order valence-corrected chi connectivity index (χ3v) is 5.92. The molecule has 0 saturated heterocycles. The summed E-state index contributed by atoms with van der Waals surface area (Å²) in [7, 11) is 0. The van der Waals surface area contributed by atoms with E-state index in [1.807, 2.05) is 0 Å². The third kappa shape index (κ3) is 4.94. The smallest absolute Gasteiger partial charge is 0.333 e. The molecule has 0 spiro atoms. The van der Waals surface area contributed by atoms with Crippen LogP contribution >= 0.6 is 11.6 Å². The Morgan fingerprint density at radius 2 is 1.93 bits per heavy atom. The first-order chi connectivity index (χ1) is 14.3. The van der Waals surface area contributed by atoms with Gasteiger partial charge in [-0.15, -0.1) is 0 Å². The Bertz CT molecular complexity index is 989. The predicted octanol–water partition coefficient (Wildman–Crippen LogP) is 2.10. The number of imidazole rings is 1. The van der Waals surface area contributed by atoms with Crippen LogP contribution in [0.3, 0.4) is 0 Å². The molecule has 0 radical (unpaired) electrons. The molecule has 1 aliphatic carbocycles. The molecule has 1 heterocycles. The number of carbonyl (C=O) groups is 2. The summed E-state index contributed by atoms with van der Waals surface area (Å²) in [5, 5.41) is 13.4. The van der Waals surface area contributed by atoms with E-state index in [9.17, 15) is 19.5 Å². The molecule has 9 heteroatoms. The van der Waals surface area contributed by atoms with Crippen LogP contribution in [0, 0.1) is 12.8 Å². The summed E-state index contributed by atoms with van der Waals surface area (Å²) in [6.07, 6.45) is 6.74. The van der Waals surface area contributed by atoms with Crippen molar-refractivity contribution in [2.75, 3.05) is 0 Å². The van der Waals surface area contributed by atoms with Crippen LogP contribution < -0.4 is 16.7 Å². The SMILES string of the molecule is Cc1cn(-c2ccc(Cl)c(C(=O)NC(O)C3CCCCCC3)c2)c(=O)n1CC(N)=O. The molecule has 0 aliphatic heterocycles. The van der Waals surface area contributed by atoms with Gasteiger partial charge in [0.1, 0.15) is 12.8 Å². The molecule has 30 heavy (non-hydrogen) atoms. The zero-order valence-electron chi connectivity index (χ0n) is 16.9. The Kier molecular flexibility index (Phi) is 6.99. The van der Waals surface area contributed by atoms with E-state index in [1.165, 1.54) is 21.3 Å². The average Bonchev–Trinajstić information content (AvgIpc) is 2.90. The van der Waals surface area contributed by atoms with Gasteiger partial charge in [-0.1, -0.05) is 37.3 Å². The van der Waals surface area contributed by atoms with Gasteiger partial charge in [-0.2, -0.15) is 0 Å². The standard InChI is InChI=1S/C21H27ClN4O4/c1-13-11-26(21(30)25(13)12-18(23)27)15-8-9-17(22)16(10-15)20(29)24-19(28)14-6-4-2-3-5-7-14/h8-11,14,19,28H,2-7,12H2,1H3,(H2,23,27)(H,24,29). The van der Waals surface area contributed by atoms with Gasteiger partial charge in [-0.25, -0.2) is 4.79 Å². The lowest BCUT2D eigenvalue weighted by Gasteiger charge is -2.22. The van der Waals surface area contributed by atoms with Crippen LogP contribution in [-0.2, 0) is 11.3 Å². The van der Waals surface area contributed by atoms with E-state index in [2.05, 4.69) is 5.32 Å². The van der Waals surface area contributed by atoms with E-state index in [0.29, 0.717) is 11.4 Å². The van der Waals surface area contributed by atoms with Gasteiger partial charge >= 0.3 is 5.69 Å². The van der Waals surface area contributed by atoms with Crippen LogP contribution in [0.25, 0.3) is 5.69 Å². The number of aromatic nitrogens is 2. The Labute approximate surface area is 179 Å². The van der Waals surface area contributed by atoms with Crippen molar-refractivity contribution in [2.45, 2.75) is 58.2 Å². The summed E-state index contributed by atoms with van der Waals surface area (Å²) in [4.78, 5) is 36.7. The Morgan fingerprint density at radius 3 is 2.57 bits per heavy atom. The molecule has 1 aromatic heterocycles. The predicted molar refractivity (Wildman–Crippen MR) is 114 cm³/mol. The maximum atomic E-state index is 12.8. The number of benzene rings is 1. The quantitative estimate of drug-likeness (QED) is 0.476. The highest BCUT2D eigenvalue weighted by atomic mass is 35.5. The molecule has 1 fully saturated rings. The number of nitrogens with zero attached hydrogens (tertiary/aromatic N) is 2. The number of halogens is 1. The number of amides is 2. The van der Waals surface area contributed by atoms with Crippen LogP contribution in [0.15, 0.2) is 29.2 Å². The largest absolute Gasteiger partial charge is 0.373 e. The highest BCUT2D eigenvalue weighted by Crippen LogP contribution is 2.26. The van der Waals surface area contributed by atoms with E-state index < -0.39 is 23.7 Å². The second-order valence-electron chi connectivity index (χ2n) is 7.81. The molecular formula is C21H27ClN4O4. The summed E-state index contributed by atoms with van der Waals surface area (Å²) >= 11 is 6.22. The van der Waals surface area contributed by atoms with Gasteiger partial charge in [0.15, 0.2) is 0 Å². The monoisotopic (exact) mass is 434 g/mol. The molecule has 0 bridgehead atoms. The Morgan fingerprint density at radius 1 is 1.27 bits per heavy atom. The zero-order valence-corrected chi connectivity index (χ0v) is 17.7. The normalized spacial score (nSPS) is 16.1. The number of primary amides is 1. The van der Waals surface area contributed by atoms with Crippen molar-refractivity contribution < 1.29 is 14.7 Å². The van der Waals surface area contributed by atoms with Crippen molar-refractivity contribution in [3.8, 4) is 5.69 Å². The lowest BCUT2D eigenvalue weighted by Crippen LogP contribution is -2.40. The number of nitrogens with one attached hydrogen (secondary N) is 1. The van der Waals surface area contributed by atoms with Gasteiger partial charge in [0.2, 0.25) is 5.91 Å². The van der Waals surface area contributed by atoms with Crippen molar-refractivity contribution in [1.29, 1.82) is 0 Å². The van der Waals surface area contributed by atoms with Crippen LogP contribution in [-0.4, -0.2) is 32.3 Å². The van der Waals surface area contributed by atoms with E-state index in [4.69, 9.17) is 17.3 Å². The number of aryl methyl sites for hydroxylation is 1. The highest BCUT2D eigenvalue weighted by molar-refractivity contribution is 6.33. The van der Waals surface area contributed by atoms with Crippen molar-refractivity contribution >= 4 is 23.4 Å². The first-order valence-corrected chi connectivity index (χ1v) is 10.5. The summed E-state index contributed by atoms with van der Waals surface area (Å²) < 4.78 is 2.58. The lowest BCUT2D eigenvalue weighted by atomic mass is 9.98. The van der Waals surface area contributed by atoms with Crippen LogP contribution in [0.4, 0.5) is 0 Å². The average molecular weight is 435 g/mol. The van der Waals surface area contributed by atoms with E-state index in [-0.39, 0.29) is 23.0 Å². The molecule has 3 rings (SSSR count). The van der Waals surface area contributed by atoms with Gasteiger partial charge in [-0.3, -0.25) is 18.7 Å². The second kappa shape index (κ2) is 9.49. The molecule has 2 amide bonds. The molecule has 1 aliphatic rings. The molecule has 4 N–H and O–H groups in total. The second-order valence-corrected chi connectivity index (χ2v) is 8.22. The Hall–Kier alpha value is -2.58. The van der Waals surface area contributed by atoms with Crippen LogP contribution in [0.1, 0.15) is 54.6 Å². The van der Waals surface area contributed by atoms with Crippen molar-refractivity contribution in [3.63, 3.8) is 0 Å². The van der Waals surface area contributed by atoms with Gasteiger partial charge in [0.05, 0.1) is 16.3 Å². The molecule has 1 saturated carbocycles. The van der Waals surface area contributed by atoms with Crippen molar-refractivity contribution in [1.82, 2.24) is 14.5 Å². The molecule has 1 aromatic carbocycles. The number of hydrogen-bond acceptors (Lipinski definition) is 4. The summed E-state index contributed by atoms with van der Waals surface area (Å²) in [6, 6.07) is 4.63. The summed E-state index contributed by atoms with van der Waals surface area (Å²) in [6.45, 7) is 1.46. The summed E-state index contributed by atoms with van der Waals surface area (Å²) in [5.41, 5.74) is 5.90. The van der Waals surface area contributed by atoms with Gasteiger partial charge in [0, 0.05) is 17.8 Å². The number of nitrogens with two attached hydrogens (primary N) is 1. The molecule has 8 nitrogen and oxygen atoms in total. The van der Waals surface area contributed by atoms with Gasteiger partial charge in [0.25, 0.3) is 5.91 Å². The minimum absolute atomic E-state index is 0.0199. The van der Waals surface area contributed by atoms with E-state index in [0.717, 1.165) is 38.5 Å². The van der Waals surface area contributed by atoms with Crippen molar-refractivity contribution in [2.24, 2.45) is 11.7 Å².